The second-order valence-electron chi connectivity index (χ2n) is 7.80. The molecule has 30 heavy (non-hydrogen) atoms. The molecule has 1 saturated heterocycles. The van der Waals surface area contributed by atoms with Crippen LogP contribution in [-0.2, 0) is 14.3 Å². The molecule has 0 radical (unpaired) electrons. The first-order valence-electron chi connectivity index (χ1n) is 10.1. The highest BCUT2D eigenvalue weighted by atomic mass is 19.1. The van der Waals surface area contributed by atoms with Crippen molar-refractivity contribution in [1.82, 2.24) is 4.90 Å². The molecular weight excluding hydrogens is 395 g/mol. The molecule has 2 N–H and O–H groups in total. The Hall–Kier alpha value is -2.84. The van der Waals surface area contributed by atoms with E-state index in [9.17, 15) is 23.9 Å². The molecule has 1 aliphatic heterocycles. The Kier molecular flexibility index (Phi) is 6.79. The van der Waals surface area contributed by atoms with Gasteiger partial charge in [-0.05, 0) is 62.6 Å². The van der Waals surface area contributed by atoms with Crippen molar-refractivity contribution in [2.24, 2.45) is 11.8 Å². The van der Waals surface area contributed by atoms with Crippen LogP contribution < -0.4 is 5.32 Å². The van der Waals surface area contributed by atoms with Crippen LogP contribution in [0.15, 0.2) is 18.2 Å². The fourth-order valence-electron chi connectivity index (χ4n) is 4.57. The van der Waals surface area contributed by atoms with Crippen LogP contribution in [0.5, 0.6) is 0 Å². The van der Waals surface area contributed by atoms with E-state index in [0.717, 1.165) is 18.9 Å². The number of hydrogen-bond acceptors (Lipinski definition) is 6. The summed E-state index contributed by atoms with van der Waals surface area (Å²) in [5.41, 5.74) is 0.642. The van der Waals surface area contributed by atoms with Crippen LogP contribution in [0.2, 0.25) is 0 Å². The van der Waals surface area contributed by atoms with E-state index in [4.69, 9.17) is 9.47 Å². The van der Waals surface area contributed by atoms with Crippen molar-refractivity contribution in [2.45, 2.75) is 44.7 Å². The van der Waals surface area contributed by atoms with Crippen molar-refractivity contribution in [3.05, 3.63) is 29.6 Å². The number of fused-ring (bicyclic) bond motifs is 1. The van der Waals surface area contributed by atoms with E-state index in [1.807, 2.05) is 0 Å². The maximum atomic E-state index is 13.7. The van der Waals surface area contributed by atoms with Gasteiger partial charge in [-0.25, -0.2) is 18.8 Å². The summed E-state index contributed by atoms with van der Waals surface area (Å²) in [6, 6.07) is 3.04. The number of methoxy groups -OCH3 is 1. The van der Waals surface area contributed by atoms with Crippen LogP contribution in [0.3, 0.4) is 0 Å². The zero-order chi connectivity index (χ0) is 21.8. The summed E-state index contributed by atoms with van der Waals surface area (Å²) < 4.78 is 23.4. The van der Waals surface area contributed by atoms with Gasteiger partial charge in [0.15, 0.2) is 0 Å². The summed E-state index contributed by atoms with van der Waals surface area (Å²) in [5, 5.41) is 12.9. The number of aliphatic carboxylic acids is 1. The first kappa shape index (κ1) is 21.9. The maximum Gasteiger partial charge on any atom is 0.410 e. The normalized spacial score (nSPS) is 25.8. The topological polar surface area (TPSA) is 105 Å². The number of nitrogens with one attached hydrogen (secondary N) is 1. The Morgan fingerprint density at radius 3 is 2.67 bits per heavy atom. The number of carboxylic acid groups (broad SMARTS) is 1. The predicted octanol–water partition coefficient (Wildman–Crippen LogP) is 3.12. The van der Waals surface area contributed by atoms with Gasteiger partial charge in [-0.1, -0.05) is 0 Å². The van der Waals surface area contributed by atoms with Crippen LogP contribution >= 0.6 is 0 Å². The molecule has 1 heterocycles. The van der Waals surface area contributed by atoms with Crippen molar-refractivity contribution in [1.29, 1.82) is 0 Å². The highest BCUT2D eigenvalue weighted by Crippen LogP contribution is 2.40. The highest BCUT2D eigenvalue weighted by molar-refractivity contribution is 5.95. The number of nitrogens with zero attached hydrogens (tertiary/aromatic N) is 1. The molecule has 2 aliphatic rings. The Labute approximate surface area is 174 Å². The molecule has 1 amide bonds. The van der Waals surface area contributed by atoms with Gasteiger partial charge < -0.3 is 19.9 Å². The molecule has 8 nitrogen and oxygen atoms in total. The minimum absolute atomic E-state index is 0.00371. The van der Waals surface area contributed by atoms with Gasteiger partial charge in [0, 0.05) is 18.3 Å². The van der Waals surface area contributed by atoms with Gasteiger partial charge in [-0.3, -0.25) is 4.90 Å². The lowest BCUT2D eigenvalue weighted by Crippen LogP contribution is -2.55. The molecule has 4 unspecified atom stereocenters. The molecule has 1 aromatic rings. The van der Waals surface area contributed by atoms with Gasteiger partial charge in [-0.2, -0.15) is 0 Å². The summed E-state index contributed by atoms with van der Waals surface area (Å²) in [4.78, 5) is 37.2. The fraction of sp³-hybridized carbons (Fsp3) is 0.571. The molecule has 1 saturated carbocycles. The second kappa shape index (κ2) is 9.32. The molecule has 0 bridgehead atoms. The Bertz CT molecular complexity index is 817. The minimum Gasteiger partial charge on any atom is -0.480 e. The van der Waals surface area contributed by atoms with Crippen molar-refractivity contribution < 1.29 is 33.4 Å². The van der Waals surface area contributed by atoms with E-state index in [1.54, 1.807) is 6.92 Å². The van der Waals surface area contributed by atoms with E-state index >= 15 is 0 Å². The lowest BCUT2D eigenvalue weighted by atomic mass is 9.71. The van der Waals surface area contributed by atoms with Gasteiger partial charge in [0.2, 0.25) is 0 Å². The van der Waals surface area contributed by atoms with Gasteiger partial charge in [0.25, 0.3) is 0 Å². The number of carbonyl (C=O) groups is 3. The summed E-state index contributed by atoms with van der Waals surface area (Å²) >= 11 is 0. The van der Waals surface area contributed by atoms with Crippen molar-refractivity contribution in [3.63, 3.8) is 0 Å². The minimum atomic E-state index is -1.04. The summed E-state index contributed by atoms with van der Waals surface area (Å²) in [5.74, 6) is -1.85. The first-order chi connectivity index (χ1) is 14.3. The van der Waals surface area contributed by atoms with Crippen molar-refractivity contribution in [2.75, 3.05) is 25.6 Å². The Morgan fingerprint density at radius 1 is 1.23 bits per heavy atom. The SMILES string of the molecule is CCOC(=O)c1cc(F)ccc1NC1CCC2CN(C(=O)OC)C(C(=O)O)CC2C1. The standard InChI is InChI=1S/C21H27FN2O6/c1-3-30-20(27)16-10-14(22)5-7-17(16)23-15-6-4-12-11-24(21(28)29-2)18(19(25)26)9-13(12)8-15/h5,7,10,12-13,15,18,23H,3-4,6,8-9,11H2,1-2H3,(H,25,26). The number of hydrogen-bond donors (Lipinski definition) is 2. The lowest BCUT2D eigenvalue weighted by molar-refractivity contribution is -0.146. The smallest absolute Gasteiger partial charge is 0.410 e. The second-order valence-corrected chi connectivity index (χ2v) is 7.80. The number of likely N-dealkylation sites (tertiary alicyclic amines) is 1. The number of halogens is 1. The lowest BCUT2D eigenvalue weighted by Gasteiger charge is -2.46. The van der Waals surface area contributed by atoms with Gasteiger partial charge >= 0.3 is 18.0 Å². The summed E-state index contributed by atoms with van der Waals surface area (Å²) in [7, 11) is 1.25. The average molecular weight is 422 g/mol. The monoisotopic (exact) mass is 422 g/mol. The zero-order valence-corrected chi connectivity index (χ0v) is 17.1. The number of piperidine rings is 1. The van der Waals surface area contributed by atoms with E-state index in [0.29, 0.717) is 25.1 Å². The molecule has 1 aliphatic carbocycles. The Morgan fingerprint density at radius 2 is 2.00 bits per heavy atom. The molecule has 2 fully saturated rings. The van der Waals surface area contributed by atoms with E-state index in [-0.39, 0.29) is 30.0 Å². The summed E-state index contributed by atoms with van der Waals surface area (Å²) in [6.07, 6.45) is 2.02. The van der Waals surface area contributed by atoms with Gasteiger partial charge in [0.05, 0.1) is 19.3 Å². The molecular formula is C21H27FN2O6. The van der Waals surface area contributed by atoms with Crippen LogP contribution in [0.1, 0.15) is 43.0 Å². The number of benzene rings is 1. The molecule has 0 aromatic heterocycles. The molecule has 3 rings (SSSR count). The number of ether oxygens (including phenoxy) is 2. The third-order valence-electron chi connectivity index (χ3n) is 6.00. The van der Waals surface area contributed by atoms with Gasteiger partial charge in [-0.15, -0.1) is 0 Å². The molecule has 0 spiro atoms. The molecule has 4 atom stereocenters. The first-order valence-corrected chi connectivity index (χ1v) is 10.1. The number of esters is 1. The number of rotatable bonds is 5. The third kappa shape index (κ3) is 4.66. The van der Waals surface area contributed by atoms with Crippen LogP contribution in [0.4, 0.5) is 14.9 Å². The molecule has 9 heteroatoms. The van der Waals surface area contributed by atoms with Crippen LogP contribution in [0, 0.1) is 17.7 Å². The van der Waals surface area contributed by atoms with Crippen LogP contribution in [-0.4, -0.2) is 60.4 Å². The average Bonchev–Trinajstić information content (AvgIpc) is 2.73. The Balaban J connectivity index is 1.72. The quantitative estimate of drug-likeness (QED) is 0.703. The van der Waals surface area contributed by atoms with E-state index in [1.165, 1.54) is 24.1 Å². The maximum absolute atomic E-state index is 13.7. The number of anilines is 1. The van der Waals surface area contributed by atoms with Crippen molar-refractivity contribution in [3.8, 4) is 0 Å². The fourth-order valence-corrected chi connectivity index (χ4v) is 4.57. The molecule has 164 valence electrons. The highest BCUT2D eigenvalue weighted by Gasteiger charge is 2.44. The number of carbonyl (C=O) groups excluding carboxylic acids is 2. The summed E-state index contributed by atoms with van der Waals surface area (Å²) in [6.45, 7) is 2.23. The predicted molar refractivity (Wildman–Crippen MR) is 106 cm³/mol. The number of carboxylic acids is 1. The van der Waals surface area contributed by atoms with Crippen molar-refractivity contribution >= 4 is 23.7 Å². The largest absolute Gasteiger partial charge is 0.480 e. The molecule has 1 aromatic carbocycles. The third-order valence-corrected chi connectivity index (χ3v) is 6.00. The van der Waals surface area contributed by atoms with E-state index in [2.05, 4.69) is 5.32 Å². The zero-order valence-electron chi connectivity index (χ0n) is 17.1. The van der Waals surface area contributed by atoms with Gasteiger partial charge in [0.1, 0.15) is 11.9 Å². The van der Waals surface area contributed by atoms with Crippen LogP contribution in [0.25, 0.3) is 0 Å². The number of amides is 1. The van der Waals surface area contributed by atoms with E-state index < -0.39 is 29.9 Å².